The van der Waals surface area contributed by atoms with Crippen molar-refractivity contribution in [2.75, 3.05) is 7.11 Å². The summed E-state index contributed by atoms with van der Waals surface area (Å²) in [5, 5.41) is 35.4. The summed E-state index contributed by atoms with van der Waals surface area (Å²) in [6, 6.07) is 0. The summed E-state index contributed by atoms with van der Waals surface area (Å²) in [5.74, 6) is -1.62. The van der Waals surface area contributed by atoms with Crippen molar-refractivity contribution < 1.29 is 34.8 Å². The Morgan fingerprint density at radius 1 is 1.36 bits per heavy atom. The van der Waals surface area contributed by atoms with Crippen molar-refractivity contribution in [2.24, 2.45) is 0 Å². The van der Waals surface area contributed by atoms with Crippen molar-refractivity contribution >= 4 is 12.3 Å². The highest BCUT2D eigenvalue weighted by atomic mass is 16.5. The minimum absolute atomic E-state index is 0.0191. The van der Waals surface area contributed by atoms with Crippen LogP contribution in [0.5, 0.6) is 0 Å². The zero-order valence-corrected chi connectivity index (χ0v) is 7.40. The smallest absolute Gasteiger partial charge is 0.335 e. The Bertz CT molecular complexity index is 204. The molecule has 0 unspecified atom stereocenters. The quantitative estimate of drug-likeness (QED) is 0.352. The third-order valence-corrected chi connectivity index (χ3v) is 1.66. The van der Waals surface area contributed by atoms with Crippen LogP contribution in [0, 0.1) is 0 Å². The van der Waals surface area contributed by atoms with Crippen molar-refractivity contribution in [3.63, 3.8) is 0 Å². The van der Waals surface area contributed by atoms with Crippen LogP contribution in [0.4, 0.5) is 0 Å². The normalized spacial score (nSPS) is 19.4. The van der Waals surface area contributed by atoms with Gasteiger partial charge >= 0.3 is 5.97 Å². The number of aliphatic hydroxyl groups is 3. The van der Waals surface area contributed by atoms with E-state index in [2.05, 4.69) is 4.74 Å². The largest absolute Gasteiger partial charge is 0.479 e. The Morgan fingerprint density at radius 3 is 2.14 bits per heavy atom. The number of methoxy groups -OCH3 is 1. The Balaban J connectivity index is 4.54. The van der Waals surface area contributed by atoms with E-state index < -0.39 is 30.4 Å². The summed E-state index contributed by atoms with van der Waals surface area (Å²) in [7, 11) is 1.04. The number of aldehydes is 1. The Hall–Kier alpha value is -1.02. The van der Waals surface area contributed by atoms with Crippen LogP contribution in [-0.4, -0.2) is 64.2 Å². The first-order chi connectivity index (χ1) is 6.45. The summed E-state index contributed by atoms with van der Waals surface area (Å²) >= 11 is 0. The average Bonchev–Trinajstić information content (AvgIpc) is 2.17. The maximum atomic E-state index is 10.3. The van der Waals surface area contributed by atoms with E-state index in [0.717, 1.165) is 7.11 Å². The maximum Gasteiger partial charge on any atom is 0.335 e. The maximum absolute atomic E-state index is 10.3. The molecule has 0 aromatic rings. The standard InChI is InChI=1S/C7H12O7/c1-14-6(5(11)7(12)13)4(10)3(9)2-8/h2-6,9-11H,1H3,(H,12,13)/t3-,4+,5+,6-/m0/s1. The second-order valence-electron chi connectivity index (χ2n) is 2.60. The summed E-state index contributed by atoms with van der Waals surface area (Å²) in [4.78, 5) is 20.4. The molecule has 0 aliphatic rings. The molecule has 14 heavy (non-hydrogen) atoms. The number of rotatable bonds is 6. The van der Waals surface area contributed by atoms with Gasteiger partial charge in [-0.3, -0.25) is 0 Å². The molecule has 0 spiro atoms. The monoisotopic (exact) mass is 208 g/mol. The molecule has 0 aliphatic heterocycles. The van der Waals surface area contributed by atoms with Gasteiger partial charge in [0.25, 0.3) is 0 Å². The van der Waals surface area contributed by atoms with Crippen LogP contribution in [0.25, 0.3) is 0 Å². The number of carboxylic acids is 1. The molecule has 0 saturated carbocycles. The van der Waals surface area contributed by atoms with E-state index in [9.17, 15) is 9.59 Å². The van der Waals surface area contributed by atoms with E-state index in [1.165, 1.54) is 0 Å². The number of carbonyl (C=O) groups is 2. The van der Waals surface area contributed by atoms with E-state index in [0.29, 0.717) is 0 Å². The minimum atomic E-state index is -2.01. The molecule has 82 valence electrons. The number of carbonyl (C=O) groups excluding carboxylic acids is 1. The number of carboxylic acid groups (broad SMARTS) is 1. The molecule has 0 amide bonds. The van der Waals surface area contributed by atoms with Gasteiger partial charge in [0.1, 0.15) is 18.3 Å². The summed E-state index contributed by atoms with van der Waals surface area (Å²) in [6.07, 6.45) is -7.14. The van der Waals surface area contributed by atoms with E-state index in [4.69, 9.17) is 20.4 Å². The zero-order valence-electron chi connectivity index (χ0n) is 7.40. The fraction of sp³-hybridized carbons (Fsp3) is 0.714. The molecule has 4 N–H and O–H groups in total. The molecule has 0 radical (unpaired) electrons. The molecule has 7 heteroatoms. The highest BCUT2D eigenvalue weighted by molar-refractivity contribution is 5.73. The number of aliphatic hydroxyl groups excluding tert-OH is 3. The molecule has 0 heterocycles. The van der Waals surface area contributed by atoms with Crippen LogP contribution < -0.4 is 0 Å². The van der Waals surface area contributed by atoms with Crippen molar-refractivity contribution in [1.82, 2.24) is 0 Å². The Kier molecular flexibility index (Phi) is 5.24. The summed E-state index contributed by atoms with van der Waals surface area (Å²) in [5.41, 5.74) is 0. The van der Waals surface area contributed by atoms with E-state index >= 15 is 0 Å². The number of hydrogen-bond donors (Lipinski definition) is 4. The van der Waals surface area contributed by atoms with Gasteiger partial charge < -0.3 is 30.0 Å². The van der Waals surface area contributed by atoms with Crippen molar-refractivity contribution in [2.45, 2.75) is 24.4 Å². The molecule has 7 nitrogen and oxygen atoms in total. The molecule has 4 atom stereocenters. The van der Waals surface area contributed by atoms with Crippen molar-refractivity contribution in [3.05, 3.63) is 0 Å². The predicted molar refractivity (Wildman–Crippen MR) is 42.5 cm³/mol. The third kappa shape index (κ3) is 3.04. The van der Waals surface area contributed by atoms with E-state index in [-0.39, 0.29) is 6.29 Å². The molecular weight excluding hydrogens is 196 g/mol. The van der Waals surface area contributed by atoms with Crippen LogP contribution in [0.2, 0.25) is 0 Å². The van der Waals surface area contributed by atoms with Gasteiger partial charge in [-0.1, -0.05) is 0 Å². The van der Waals surface area contributed by atoms with Crippen molar-refractivity contribution in [1.29, 1.82) is 0 Å². The first kappa shape index (κ1) is 13.0. The third-order valence-electron chi connectivity index (χ3n) is 1.66. The minimum Gasteiger partial charge on any atom is -0.479 e. The van der Waals surface area contributed by atoms with Gasteiger partial charge in [-0.05, 0) is 0 Å². The molecule has 0 saturated heterocycles. The van der Waals surface area contributed by atoms with Gasteiger partial charge in [-0.25, -0.2) is 4.79 Å². The topological polar surface area (TPSA) is 124 Å². The van der Waals surface area contributed by atoms with E-state index in [1.807, 2.05) is 0 Å². The zero-order chi connectivity index (χ0) is 11.3. The van der Waals surface area contributed by atoms with Gasteiger partial charge in [-0.2, -0.15) is 0 Å². The lowest BCUT2D eigenvalue weighted by molar-refractivity contribution is -0.167. The molecule has 0 aromatic heterocycles. The van der Waals surface area contributed by atoms with E-state index in [1.54, 1.807) is 0 Å². The molecule has 0 fully saturated rings. The molecule has 0 aromatic carbocycles. The van der Waals surface area contributed by atoms with Crippen LogP contribution >= 0.6 is 0 Å². The second-order valence-corrected chi connectivity index (χ2v) is 2.60. The van der Waals surface area contributed by atoms with Crippen molar-refractivity contribution in [3.8, 4) is 0 Å². The number of hydrogen-bond acceptors (Lipinski definition) is 6. The lowest BCUT2D eigenvalue weighted by atomic mass is 10.0. The Morgan fingerprint density at radius 2 is 1.86 bits per heavy atom. The molecule has 0 bridgehead atoms. The lowest BCUT2D eigenvalue weighted by Gasteiger charge is -2.24. The molecular formula is C7H12O7. The first-order valence-corrected chi connectivity index (χ1v) is 3.70. The molecule has 0 aliphatic carbocycles. The van der Waals surface area contributed by atoms with Gasteiger partial charge in [-0.15, -0.1) is 0 Å². The van der Waals surface area contributed by atoms with Crippen LogP contribution in [-0.2, 0) is 14.3 Å². The fourth-order valence-electron chi connectivity index (χ4n) is 0.870. The first-order valence-electron chi connectivity index (χ1n) is 3.70. The highest BCUT2D eigenvalue weighted by Gasteiger charge is 2.35. The van der Waals surface area contributed by atoms with Gasteiger partial charge in [0.15, 0.2) is 12.4 Å². The number of aliphatic carboxylic acids is 1. The average molecular weight is 208 g/mol. The number of ether oxygens (including phenoxy) is 1. The predicted octanol–water partition coefficient (Wildman–Crippen LogP) is -2.63. The Labute approximate surface area is 79.5 Å². The lowest BCUT2D eigenvalue weighted by Crippen LogP contribution is -2.49. The van der Waals surface area contributed by atoms with Crippen LogP contribution in [0.1, 0.15) is 0 Å². The van der Waals surface area contributed by atoms with Gasteiger partial charge in [0.05, 0.1) is 0 Å². The fourth-order valence-corrected chi connectivity index (χ4v) is 0.870. The SMILES string of the molecule is CO[C@@H]([C@H](O)[C@@H](O)C=O)[C@@H](O)C(=O)O. The second kappa shape index (κ2) is 5.66. The summed E-state index contributed by atoms with van der Waals surface area (Å²) in [6.45, 7) is 0. The van der Waals surface area contributed by atoms with Crippen LogP contribution in [0.15, 0.2) is 0 Å². The summed E-state index contributed by atoms with van der Waals surface area (Å²) < 4.78 is 4.46. The highest BCUT2D eigenvalue weighted by Crippen LogP contribution is 2.08. The van der Waals surface area contributed by atoms with Crippen LogP contribution in [0.3, 0.4) is 0 Å². The van der Waals surface area contributed by atoms with Gasteiger partial charge in [0.2, 0.25) is 0 Å². The van der Waals surface area contributed by atoms with Gasteiger partial charge in [0, 0.05) is 7.11 Å². The molecule has 0 rings (SSSR count).